The van der Waals surface area contributed by atoms with Gasteiger partial charge in [-0.05, 0) is 53.9 Å². The maximum Gasteiger partial charge on any atom is 0.229 e. The highest BCUT2D eigenvalue weighted by Crippen LogP contribution is 2.40. The zero-order chi connectivity index (χ0) is 30.5. The number of aromatic nitrogens is 4. The second kappa shape index (κ2) is 13.6. The lowest BCUT2D eigenvalue weighted by Crippen LogP contribution is -2.23. The molecule has 1 fully saturated rings. The number of anilines is 5. The number of nitrogens with one attached hydrogen (secondary N) is 4. The second-order valence-electron chi connectivity index (χ2n) is 10.1. The molecule has 3 heterocycles. The average molecular weight is 665 g/mol. The molecule has 13 heteroatoms. The fraction of sp³-hybridized carbons (Fsp3) is 0.300. The minimum absolute atomic E-state index is 0.155. The van der Waals surface area contributed by atoms with Crippen LogP contribution in [0.5, 0.6) is 5.75 Å². The quantitative estimate of drug-likeness (QED) is 0.121. The Bertz CT molecular complexity index is 1670. The summed E-state index contributed by atoms with van der Waals surface area (Å²) in [5, 5.41) is 19.1. The normalized spacial score (nSPS) is 15.2. The van der Waals surface area contributed by atoms with Gasteiger partial charge in [0.05, 0.1) is 34.4 Å². The standard InChI is InChI=1S/C30H35BrN9O2P/c1-33-15-18(14-32)20-12-24(26(42-3)13-25(20)40-11-8-19(17-40)41-2)38-30-36-16-21(31)29(39-30)37-23-7-6-22-27(28(23)43(4)5)35-10-9-34-22/h6-7,9-10,12-16,19,32-33H,8,11,17H2,1-5H3,(H2,36,37,38,39)/b18-15+,32-14?. The van der Waals surface area contributed by atoms with Crippen LogP contribution in [0.1, 0.15) is 12.0 Å². The highest BCUT2D eigenvalue weighted by Gasteiger charge is 2.26. The van der Waals surface area contributed by atoms with Crippen molar-refractivity contribution < 1.29 is 9.47 Å². The van der Waals surface area contributed by atoms with Crippen molar-refractivity contribution in [1.82, 2.24) is 25.3 Å². The van der Waals surface area contributed by atoms with Gasteiger partial charge in [0.2, 0.25) is 5.95 Å². The number of nitrogens with zero attached hydrogens (tertiary/aromatic N) is 5. The summed E-state index contributed by atoms with van der Waals surface area (Å²) in [4.78, 5) is 20.7. The first-order chi connectivity index (χ1) is 20.9. The Morgan fingerprint density at radius 3 is 2.63 bits per heavy atom. The van der Waals surface area contributed by atoms with Gasteiger partial charge in [0.25, 0.3) is 0 Å². The number of allylic oxidation sites excluding steroid dienone is 1. The van der Waals surface area contributed by atoms with Crippen LogP contribution in [0.25, 0.3) is 16.6 Å². The molecule has 43 heavy (non-hydrogen) atoms. The molecule has 1 atom stereocenters. The van der Waals surface area contributed by atoms with Crippen molar-refractivity contribution in [2.24, 2.45) is 0 Å². The highest BCUT2D eigenvalue weighted by molar-refractivity contribution is 9.10. The molecular weight excluding hydrogens is 629 g/mol. The Morgan fingerprint density at radius 2 is 1.93 bits per heavy atom. The lowest BCUT2D eigenvalue weighted by molar-refractivity contribution is 0.121. The van der Waals surface area contributed by atoms with Crippen LogP contribution >= 0.6 is 23.9 Å². The van der Waals surface area contributed by atoms with E-state index in [-0.39, 0.29) is 6.10 Å². The van der Waals surface area contributed by atoms with Crippen molar-refractivity contribution in [3.05, 3.63) is 59.1 Å². The fourth-order valence-electron chi connectivity index (χ4n) is 5.16. The van der Waals surface area contributed by atoms with Crippen LogP contribution in [0, 0.1) is 5.41 Å². The number of hydrogen-bond donors (Lipinski definition) is 4. The van der Waals surface area contributed by atoms with E-state index in [1.54, 1.807) is 32.8 Å². The molecule has 0 spiro atoms. The monoisotopic (exact) mass is 663 g/mol. The molecule has 1 unspecified atom stereocenters. The van der Waals surface area contributed by atoms with E-state index in [9.17, 15) is 0 Å². The van der Waals surface area contributed by atoms with Crippen LogP contribution in [-0.2, 0) is 4.74 Å². The summed E-state index contributed by atoms with van der Waals surface area (Å²) >= 11 is 3.61. The average Bonchev–Trinajstić information content (AvgIpc) is 3.50. The molecule has 0 bridgehead atoms. The molecule has 0 amide bonds. The molecule has 1 saturated heterocycles. The molecular formula is C30H35BrN9O2P. The zero-order valence-corrected chi connectivity index (χ0v) is 27.3. The SMILES string of the molecule is CN/C=C(\C=N)c1cc(Nc2ncc(Br)c(Nc3ccc4nccnc4c3P(C)C)n2)c(OC)cc1N1CCC(OC)C1. The maximum absolute atomic E-state index is 8.12. The molecule has 0 saturated carbocycles. The van der Waals surface area contributed by atoms with Crippen LogP contribution in [0.3, 0.4) is 0 Å². The first-order valence-corrected chi connectivity index (χ1v) is 16.7. The number of halogens is 1. The van der Waals surface area contributed by atoms with E-state index >= 15 is 0 Å². The Hall–Kier alpha value is -3.86. The fourth-order valence-corrected chi connectivity index (χ4v) is 6.66. The number of benzene rings is 2. The van der Waals surface area contributed by atoms with E-state index in [4.69, 9.17) is 19.9 Å². The third kappa shape index (κ3) is 6.56. The van der Waals surface area contributed by atoms with E-state index < -0.39 is 7.92 Å². The van der Waals surface area contributed by atoms with Crippen molar-refractivity contribution >= 4 is 80.8 Å². The van der Waals surface area contributed by atoms with Crippen LogP contribution in [0.4, 0.5) is 28.8 Å². The summed E-state index contributed by atoms with van der Waals surface area (Å²) in [6, 6.07) is 7.95. The van der Waals surface area contributed by atoms with Gasteiger partial charge >= 0.3 is 0 Å². The number of hydrogen-bond acceptors (Lipinski definition) is 11. The number of methoxy groups -OCH3 is 2. The predicted octanol–water partition coefficient (Wildman–Crippen LogP) is 5.48. The van der Waals surface area contributed by atoms with Gasteiger partial charge in [-0.25, -0.2) is 4.98 Å². The first-order valence-electron chi connectivity index (χ1n) is 13.7. The Balaban J connectivity index is 1.52. The van der Waals surface area contributed by atoms with Gasteiger partial charge in [0.1, 0.15) is 11.6 Å². The van der Waals surface area contributed by atoms with Gasteiger partial charge in [0, 0.05) is 92.1 Å². The van der Waals surface area contributed by atoms with Gasteiger partial charge in [-0.15, -0.1) is 0 Å². The number of fused-ring (bicyclic) bond motifs is 1. The molecule has 0 aliphatic carbocycles. The predicted molar refractivity (Wildman–Crippen MR) is 181 cm³/mol. The van der Waals surface area contributed by atoms with E-state index in [1.807, 2.05) is 37.5 Å². The van der Waals surface area contributed by atoms with Gasteiger partial charge < -0.3 is 35.7 Å². The smallest absolute Gasteiger partial charge is 0.229 e. The lowest BCUT2D eigenvalue weighted by Gasteiger charge is -2.25. The molecule has 224 valence electrons. The second-order valence-corrected chi connectivity index (χ2v) is 13.2. The number of ether oxygens (including phenoxy) is 2. The molecule has 1 aliphatic rings. The van der Waals surface area contributed by atoms with Crippen LogP contribution in [0.15, 0.2) is 53.5 Å². The summed E-state index contributed by atoms with van der Waals surface area (Å²) in [6.07, 6.45) is 9.38. The molecule has 5 rings (SSSR count). The summed E-state index contributed by atoms with van der Waals surface area (Å²) in [6.45, 7) is 6.00. The van der Waals surface area contributed by atoms with Gasteiger partial charge in [-0.2, -0.15) is 4.98 Å². The van der Waals surface area contributed by atoms with E-state index in [1.165, 1.54) is 6.21 Å². The summed E-state index contributed by atoms with van der Waals surface area (Å²) in [5.74, 6) is 1.62. The van der Waals surface area contributed by atoms with Crippen LogP contribution in [-0.4, -0.2) is 79.9 Å². The molecule has 2 aromatic carbocycles. The Kier molecular flexibility index (Phi) is 9.69. The number of rotatable bonds is 11. The minimum atomic E-state index is -0.499. The van der Waals surface area contributed by atoms with Gasteiger partial charge in [0.15, 0.2) is 0 Å². The van der Waals surface area contributed by atoms with Gasteiger partial charge in [-0.3, -0.25) is 9.97 Å². The van der Waals surface area contributed by atoms with Crippen molar-refractivity contribution in [2.75, 3.05) is 63.2 Å². The zero-order valence-electron chi connectivity index (χ0n) is 24.8. The summed E-state index contributed by atoms with van der Waals surface area (Å²) in [5.41, 5.74) is 5.91. The Labute approximate surface area is 260 Å². The van der Waals surface area contributed by atoms with Crippen LogP contribution in [0.2, 0.25) is 0 Å². The molecule has 4 aromatic rings. The third-order valence-corrected chi connectivity index (χ3v) is 9.14. The minimum Gasteiger partial charge on any atom is -0.494 e. The lowest BCUT2D eigenvalue weighted by atomic mass is 10.0. The van der Waals surface area contributed by atoms with Crippen molar-refractivity contribution in [2.45, 2.75) is 12.5 Å². The largest absolute Gasteiger partial charge is 0.494 e. The molecule has 1 aliphatic heterocycles. The van der Waals surface area contributed by atoms with Crippen LogP contribution < -0.4 is 30.9 Å². The first kappa shape index (κ1) is 30.6. The third-order valence-electron chi connectivity index (χ3n) is 7.21. The Morgan fingerprint density at radius 1 is 1.12 bits per heavy atom. The molecule has 4 N–H and O–H groups in total. The summed E-state index contributed by atoms with van der Waals surface area (Å²) < 4.78 is 12.2. The molecule has 11 nitrogen and oxygen atoms in total. The van der Waals surface area contributed by atoms with Gasteiger partial charge in [-0.1, -0.05) is 7.92 Å². The summed E-state index contributed by atoms with van der Waals surface area (Å²) in [7, 11) is 4.70. The van der Waals surface area contributed by atoms with E-state index in [0.29, 0.717) is 27.7 Å². The van der Waals surface area contributed by atoms with E-state index in [2.05, 4.69) is 65.1 Å². The maximum atomic E-state index is 8.12. The van der Waals surface area contributed by atoms with Crippen molar-refractivity contribution in [3.63, 3.8) is 0 Å². The molecule has 0 radical (unpaired) electrons. The van der Waals surface area contributed by atoms with Crippen molar-refractivity contribution in [3.8, 4) is 5.75 Å². The highest BCUT2D eigenvalue weighted by atomic mass is 79.9. The topological polar surface area (TPSA) is 133 Å². The van der Waals surface area contributed by atoms with E-state index in [0.717, 1.165) is 58.4 Å². The molecule has 2 aromatic heterocycles. The van der Waals surface area contributed by atoms with Crippen molar-refractivity contribution in [1.29, 1.82) is 5.41 Å².